The summed E-state index contributed by atoms with van der Waals surface area (Å²) in [5.41, 5.74) is 0.725. The predicted molar refractivity (Wildman–Crippen MR) is 104 cm³/mol. The second-order valence-electron chi connectivity index (χ2n) is 7.13. The van der Waals surface area contributed by atoms with Crippen molar-refractivity contribution in [1.82, 2.24) is 14.6 Å². The van der Waals surface area contributed by atoms with Gasteiger partial charge < -0.3 is 4.90 Å². The van der Waals surface area contributed by atoms with Crippen LogP contribution in [-0.4, -0.2) is 36.8 Å². The van der Waals surface area contributed by atoms with Crippen LogP contribution in [0.4, 0.5) is 0 Å². The third kappa shape index (κ3) is 5.36. The van der Waals surface area contributed by atoms with Gasteiger partial charge in [-0.3, -0.25) is 4.79 Å². The van der Waals surface area contributed by atoms with Crippen LogP contribution >= 0.6 is 11.3 Å². The molecule has 26 heavy (non-hydrogen) atoms. The van der Waals surface area contributed by atoms with Crippen molar-refractivity contribution in [3.8, 4) is 0 Å². The van der Waals surface area contributed by atoms with Crippen LogP contribution in [0.25, 0.3) is 0 Å². The Morgan fingerprint density at radius 1 is 1.23 bits per heavy atom. The number of carbonyl (C=O) groups excluding carboxylic acids is 1. The van der Waals surface area contributed by atoms with E-state index in [0.29, 0.717) is 12.1 Å². The molecule has 0 bridgehead atoms. The lowest BCUT2D eigenvalue weighted by atomic mass is 10.1. The zero-order chi connectivity index (χ0) is 19.5. The first-order valence-corrected chi connectivity index (χ1v) is 10.7. The quantitative estimate of drug-likeness (QED) is 0.815. The van der Waals surface area contributed by atoms with Crippen molar-refractivity contribution in [3.05, 3.63) is 45.9 Å². The highest BCUT2D eigenvalue weighted by Crippen LogP contribution is 2.16. The number of sulfonamides is 1. The molecular weight excluding hydrogens is 370 g/mol. The maximum Gasteiger partial charge on any atom is 0.253 e. The van der Waals surface area contributed by atoms with Crippen molar-refractivity contribution in [2.45, 2.75) is 51.1 Å². The second-order valence-corrected chi connectivity index (χ2v) is 9.75. The van der Waals surface area contributed by atoms with E-state index in [1.165, 1.54) is 24.3 Å². The Hall–Kier alpha value is -1.77. The molecular formula is C18H25N3O3S2. The molecule has 0 radical (unpaired) electrons. The van der Waals surface area contributed by atoms with E-state index in [-0.39, 0.29) is 10.8 Å². The Kier molecular flexibility index (Phi) is 6.21. The summed E-state index contributed by atoms with van der Waals surface area (Å²) < 4.78 is 27.2. The minimum atomic E-state index is -3.61. The topological polar surface area (TPSA) is 79.4 Å². The van der Waals surface area contributed by atoms with Gasteiger partial charge in [-0.1, -0.05) is 6.92 Å². The summed E-state index contributed by atoms with van der Waals surface area (Å²) in [5.74, 6) is -0.177. The van der Waals surface area contributed by atoms with Gasteiger partial charge >= 0.3 is 0 Å². The Labute approximate surface area is 159 Å². The van der Waals surface area contributed by atoms with Crippen LogP contribution in [0.2, 0.25) is 0 Å². The number of benzene rings is 1. The van der Waals surface area contributed by atoms with E-state index in [9.17, 15) is 13.2 Å². The van der Waals surface area contributed by atoms with Crippen molar-refractivity contribution in [2.75, 3.05) is 7.05 Å². The first-order chi connectivity index (χ1) is 12.0. The molecule has 0 aliphatic rings. The van der Waals surface area contributed by atoms with Crippen LogP contribution in [0.15, 0.2) is 34.5 Å². The summed E-state index contributed by atoms with van der Waals surface area (Å²) in [6.07, 6.45) is 0.876. The van der Waals surface area contributed by atoms with Gasteiger partial charge in [-0.2, -0.15) is 0 Å². The zero-order valence-electron chi connectivity index (χ0n) is 15.7. The number of aryl methyl sites for hydroxylation is 1. The van der Waals surface area contributed by atoms with Crippen molar-refractivity contribution < 1.29 is 13.2 Å². The minimum Gasteiger partial charge on any atom is -0.336 e. The monoisotopic (exact) mass is 395 g/mol. The van der Waals surface area contributed by atoms with Gasteiger partial charge in [-0.15, -0.1) is 11.3 Å². The van der Waals surface area contributed by atoms with E-state index in [0.717, 1.165) is 17.1 Å². The number of hydrogen-bond acceptors (Lipinski definition) is 5. The standard InChI is InChI=1S/C18H25N3O3S2/c1-6-16-19-14(12-25-16)11-21(5)17(22)13-7-9-15(10-8-13)26(23,24)20-18(2,3)4/h7-10,12,20H,6,11H2,1-5H3. The maximum absolute atomic E-state index is 12.6. The number of rotatable bonds is 6. The molecule has 0 aliphatic heterocycles. The summed E-state index contributed by atoms with van der Waals surface area (Å²) >= 11 is 1.59. The van der Waals surface area contributed by atoms with Crippen LogP contribution in [0.1, 0.15) is 48.8 Å². The van der Waals surface area contributed by atoms with E-state index >= 15 is 0 Å². The predicted octanol–water partition coefficient (Wildman–Crippen LogP) is 3.05. The number of thiazole rings is 1. The normalized spacial score (nSPS) is 12.2. The van der Waals surface area contributed by atoms with Gasteiger partial charge in [0.1, 0.15) is 0 Å². The molecule has 0 saturated heterocycles. The van der Waals surface area contributed by atoms with Crippen LogP contribution in [0, 0.1) is 0 Å². The number of nitrogens with one attached hydrogen (secondary N) is 1. The minimum absolute atomic E-state index is 0.138. The average Bonchev–Trinajstić information content (AvgIpc) is 2.99. The Bertz CT molecular complexity index is 866. The third-order valence-corrected chi connectivity index (χ3v) is 6.32. The summed E-state index contributed by atoms with van der Waals surface area (Å²) in [4.78, 5) is 18.7. The van der Waals surface area contributed by atoms with Crippen molar-refractivity contribution in [1.29, 1.82) is 0 Å². The number of amides is 1. The Balaban J connectivity index is 2.10. The number of carbonyl (C=O) groups is 1. The highest BCUT2D eigenvalue weighted by atomic mass is 32.2. The summed E-state index contributed by atoms with van der Waals surface area (Å²) in [5, 5.41) is 3.00. The van der Waals surface area contributed by atoms with E-state index < -0.39 is 15.6 Å². The molecule has 1 aromatic heterocycles. The molecule has 1 heterocycles. The number of nitrogens with zero attached hydrogens (tertiary/aromatic N) is 2. The lowest BCUT2D eigenvalue weighted by Gasteiger charge is -2.20. The average molecular weight is 396 g/mol. The Morgan fingerprint density at radius 2 is 1.85 bits per heavy atom. The van der Waals surface area contributed by atoms with Gasteiger partial charge in [-0.25, -0.2) is 18.1 Å². The van der Waals surface area contributed by atoms with Crippen LogP contribution in [0.3, 0.4) is 0 Å². The molecule has 0 fully saturated rings. The zero-order valence-corrected chi connectivity index (χ0v) is 17.4. The number of aromatic nitrogens is 1. The van der Waals surface area contributed by atoms with E-state index in [2.05, 4.69) is 9.71 Å². The lowest BCUT2D eigenvalue weighted by molar-refractivity contribution is 0.0783. The van der Waals surface area contributed by atoms with Crippen LogP contribution < -0.4 is 4.72 Å². The summed E-state index contributed by atoms with van der Waals surface area (Å²) in [7, 11) is -1.91. The van der Waals surface area contributed by atoms with Crippen molar-refractivity contribution >= 4 is 27.3 Å². The highest BCUT2D eigenvalue weighted by Gasteiger charge is 2.22. The largest absolute Gasteiger partial charge is 0.336 e. The first-order valence-electron chi connectivity index (χ1n) is 8.34. The molecule has 0 atom stereocenters. The van der Waals surface area contributed by atoms with Gasteiger partial charge in [0.25, 0.3) is 5.91 Å². The Morgan fingerprint density at radius 3 is 2.35 bits per heavy atom. The molecule has 0 unspecified atom stereocenters. The van der Waals surface area contributed by atoms with Crippen LogP contribution in [-0.2, 0) is 23.0 Å². The van der Waals surface area contributed by atoms with Gasteiger partial charge in [-0.05, 0) is 51.5 Å². The SMILES string of the molecule is CCc1nc(CN(C)C(=O)c2ccc(S(=O)(=O)NC(C)(C)C)cc2)cs1. The molecule has 6 nitrogen and oxygen atoms in total. The lowest BCUT2D eigenvalue weighted by Crippen LogP contribution is -2.40. The third-order valence-electron chi connectivity index (χ3n) is 3.50. The maximum atomic E-state index is 12.6. The summed E-state index contributed by atoms with van der Waals surface area (Å²) in [6, 6.07) is 5.98. The fourth-order valence-electron chi connectivity index (χ4n) is 2.36. The van der Waals surface area contributed by atoms with Gasteiger partial charge in [0.05, 0.1) is 22.1 Å². The van der Waals surface area contributed by atoms with Gasteiger partial charge in [0.2, 0.25) is 10.0 Å². The molecule has 1 N–H and O–H groups in total. The van der Waals surface area contributed by atoms with Gasteiger partial charge in [0.15, 0.2) is 0 Å². The highest BCUT2D eigenvalue weighted by molar-refractivity contribution is 7.89. The number of hydrogen-bond donors (Lipinski definition) is 1. The molecule has 0 spiro atoms. The van der Waals surface area contributed by atoms with Crippen molar-refractivity contribution in [2.24, 2.45) is 0 Å². The molecule has 0 aliphatic carbocycles. The van der Waals surface area contributed by atoms with Crippen molar-refractivity contribution in [3.63, 3.8) is 0 Å². The second kappa shape index (κ2) is 7.85. The molecule has 2 aromatic rings. The molecule has 8 heteroatoms. The summed E-state index contributed by atoms with van der Waals surface area (Å²) in [6.45, 7) is 7.79. The molecule has 1 amide bonds. The van der Waals surface area contributed by atoms with Crippen LogP contribution in [0.5, 0.6) is 0 Å². The van der Waals surface area contributed by atoms with Gasteiger partial charge in [0, 0.05) is 23.5 Å². The first kappa shape index (κ1) is 20.5. The fourth-order valence-corrected chi connectivity index (χ4v) is 4.51. The molecule has 2 rings (SSSR count). The molecule has 0 saturated carbocycles. The molecule has 142 valence electrons. The fraction of sp³-hybridized carbons (Fsp3) is 0.444. The van der Waals surface area contributed by atoms with E-state index in [1.54, 1.807) is 44.1 Å². The van der Waals surface area contributed by atoms with E-state index in [1.807, 2.05) is 12.3 Å². The van der Waals surface area contributed by atoms with E-state index in [4.69, 9.17) is 0 Å². The smallest absolute Gasteiger partial charge is 0.253 e. The molecule has 1 aromatic carbocycles.